The maximum Gasteiger partial charge on any atom is 0.250 e. The number of likely N-dealkylation sites (tertiary alicyclic amines) is 1. The number of rotatable bonds is 2. The molecule has 0 amide bonds. The molecule has 0 spiro atoms. The van der Waals surface area contributed by atoms with E-state index in [1.807, 2.05) is 16.7 Å². The molecule has 2 aliphatic heterocycles. The molecule has 1 fully saturated rings. The number of pyridine rings is 1. The molecule has 3 heterocycles. The Morgan fingerprint density at radius 3 is 2.72 bits per heavy atom. The number of aromatic nitrogens is 1. The fourth-order valence-corrected chi connectivity index (χ4v) is 4.49. The number of nitrogens with zero attached hydrogens (tertiary/aromatic N) is 2. The van der Waals surface area contributed by atoms with E-state index in [9.17, 15) is 4.79 Å². The van der Waals surface area contributed by atoms with Crippen LogP contribution in [0.3, 0.4) is 0 Å². The predicted molar refractivity (Wildman–Crippen MR) is 104 cm³/mol. The van der Waals surface area contributed by atoms with Crippen LogP contribution < -0.4 is 10.9 Å². The van der Waals surface area contributed by atoms with E-state index in [2.05, 4.69) is 47.5 Å². The normalized spacial score (nSPS) is 22.8. The van der Waals surface area contributed by atoms with Gasteiger partial charge in [0.15, 0.2) is 5.11 Å². The molecule has 130 valence electrons. The van der Waals surface area contributed by atoms with Crippen molar-refractivity contribution >= 4 is 17.3 Å². The summed E-state index contributed by atoms with van der Waals surface area (Å²) in [5.41, 5.74) is 2.52. The van der Waals surface area contributed by atoms with E-state index in [0.717, 1.165) is 36.9 Å². The highest BCUT2D eigenvalue weighted by molar-refractivity contribution is 7.80. The van der Waals surface area contributed by atoms with Crippen LogP contribution in [0, 0.1) is 5.92 Å². The smallest absolute Gasteiger partial charge is 0.250 e. The molecule has 0 saturated carbocycles. The van der Waals surface area contributed by atoms with E-state index < -0.39 is 0 Å². The summed E-state index contributed by atoms with van der Waals surface area (Å²) in [7, 11) is 0. The van der Waals surface area contributed by atoms with Gasteiger partial charge in [-0.3, -0.25) is 4.79 Å². The molecular formula is C20H23N3OS. The Hall–Kier alpha value is -2.14. The molecule has 4 nitrogen and oxygen atoms in total. The van der Waals surface area contributed by atoms with Gasteiger partial charge in [0.25, 0.3) is 5.56 Å². The number of piperidine rings is 1. The van der Waals surface area contributed by atoms with Gasteiger partial charge in [-0.25, -0.2) is 0 Å². The van der Waals surface area contributed by atoms with Crippen LogP contribution in [0.25, 0.3) is 0 Å². The highest BCUT2D eigenvalue weighted by atomic mass is 32.1. The van der Waals surface area contributed by atoms with Crippen molar-refractivity contribution in [2.75, 3.05) is 13.1 Å². The maximum absolute atomic E-state index is 12.1. The Balaban J connectivity index is 1.48. The zero-order valence-corrected chi connectivity index (χ0v) is 15.2. The zero-order valence-electron chi connectivity index (χ0n) is 14.4. The average Bonchev–Trinajstić information content (AvgIpc) is 2.63. The lowest BCUT2D eigenvalue weighted by Gasteiger charge is -2.44. The first-order valence-corrected chi connectivity index (χ1v) is 9.33. The number of nitrogens with one attached hydrogen (secondary N) is 1. The van der Waals surface area contributed by atoms with E-state index in [0.29, 0.717) is 11.8 Å². The molecule has 2 aromatic rings. The summed E-state index contributed by atoms with van der Waals surface area (Å²) < 4.78 is 1.96. The van der Waals surface area contributed by atoms with Gasteiger partial charge in [-0.1, -0.05) is 36.4 Å². The SMILES string of the molecule is CC(NC(=S)N1CC2C[C@@H](C1)Cn1c2cccc1=O)c1ccccc1. The third-order valence-corrected chi connectivity index (χ3v) is 5.78. The number of fused-ring (bicyclic) bond motifs is 4. The first-order chi connectivity index (χ1) is 12.1. The Bertz CT molecular complexity index is 832. The van der Waals surface area contributed by atoms with Crippen LogP contribution in [0.15, 0.2) is 53.3 Å². The molecule has 4 rings (SSSR count). The van der Waals surface area contributed by atoms with Crippen molar-refractivity contribution in [1.29, 1.82) is 0 Å². The number of hydrogen-bond donors (Lipinski definition) is 1. The van der Waals surface area contributed by atoms with E-state index in [1.165, 1.54) is 5.56 Å². The summed E-state index contributed by atoms with van der Waals surface area (Å²) in [6.07, 6.45) is 1.15. The van der Waals surface area contributed by atoms with Gasteiger partial charge in [0.1, 0.15) is 0 Å². The quantitative estimate of drug-likeness (QED) is 0.843. The first-order valence-electron chi connectivity index (χ1n) is 8.92. The van der Waals surface area contributed by atoms with Gasteiger partial charge >= 0.3 is 0 Å². The standard InChI is InChI=1S/C20H23N3OS/c1-14(16-6-3-2-4-7-16)21-20(25)22-11-15-10-17(13-22)18-8-5-9-19(24)23(18)12-15/h2-9,14-15,17H,10-13H2,1H3,(H,21,25)/t14?,15-,17?/m0/s1. The molecule has 1 aromatic carbocycles. The van der Waals surface area contributed by atoms with Gasteiger partial charge in [-0.05, 0) is 43.1 Å². The molecule has 0 radical (unpaired) electrons. The van der Waals surface area contributed by atoms with Gasteiger partial charge in [0.05, 0.1) is 6.04 Å². The second-order valence-electron chi connectivity index (χ2n) is 7.18. The fourth-order valence-electron chi connectivity index (χ4n) is 4.16. The Kier molecular flexibility index (Phi) is 4.34. The zero-order chi connectivity index (χ0) is 17.4. The molecule has 5 heteroatoms. The summed E-state index contributed by atoms with van der Waals surface area (Å²) in [4.78, 5) is 14.4. The summed E-state index contributed by atoms with van der Waals surface area (Å²) in [6.45, 7) is 4.75. The number of benzene rings is 1. The highest BCUT2D eigenvalue weighted by Crippen LogP contribution is 2.35. The largest absolute Gasteiger partial charge is 0.356 e. The minimum Gasteiger partial charge on any atom is -0.356 e. The van der Waals surface area contributed by atoms with Crippen LogP contribution in [0.1, 0.15) is 36.6 Å². The molecule has 1 saturated heterocycles. The van der Waals surface area contributed by atoms with Crippen LogP contribution >= 0.6 is 12.2 Å². The third-order valence-electron chi connectivity index (χ3n) is 5.41. The molecule has 1 N–H and O–H groups in total. The van der Waals surface area contributed by atoms with Crippen LogP contribution in [-0.2, 0) is 6.54 Å². The minimum atomic E-state index is 0.124. The Morgan fingerprint density at radius 1 is 1.12 bits per heavy atom. The predicted octanol–water partition coefficient (Wildman–Crippen LogP) is 2.90. The lowest BCUT2D eigenvalue weighted by Crippen LogP contribution is -2.52. The maximum atomic E-state index is 12.1. The average molecular weight is 353 g/mol. The topological polar surface area (TPSA) is 37.3 Å². The molecule has 2 bridgehead atoms. The van der Waals surface area contributed by atoms with Crippen molar-refractivity contribution in [1.82, 2.24) is 14.8 Å². The Morgan fingerprint density at radius 2 is 1.92 bits per heavy atom. The van der Waals surface area contributed by atoms with Gasteiger partial charge in [-0.15, -0.1) is 0 Å². The van der Waals surface area contributed by atoms with Gasteiger partial charge in [0, 0.05) is 37.3 Å². The molecule has 0 aliphatic carbocycles. The second-order valence-corrected chi connectivity index (χ2v) is 7.57. The summed E-state index contributed by atoms with van der Waals surface area (Å²) in [5.74, 6) is 0.867. The summed E-state index contributed by atoms with van der Waals surface area (Å²) in [5, 5.41) is 4.30. The van der Waals surface area contributed by atoms with Crippen LogP contribution in [0.2, 0.25) is 0 Å². The second kappa shape index (κ2) is 6.64. The minimum absolute atomic E-state index is 0.124. The summed E-state index contributed by atoms with van der Waals surface area (Å²) >= 11 is 5.70. The van der Waals surface area contributed by atoms with Crippen molar-refractivity contribution in [3.05, 3.63) is 70.1 Å². The van der Waals surface area contributed by atoms with Crippen LogP contribution in [-0.4, -0.2) is 27.7 Å². The van der Waals surface area contributed by atoms with Crippen LogP contribution in [0.4, 0.5) is 0 Å². The van der Waals surface area contributed by atoms with Crippen LogP contribution in [0.5, 0.6) is 0 Å². The van der Waals surface area contributed by atoms with E-state index in [4.69, 9.17) is 12.2 Å². The fraction of sp³-hybridized carbons (Fsp3) is 0.400. The molecule has 3 atom stereocenters. The van der Waals surface area contributed by atoms with Crippen molar-refractivity contribution in [3.8, 4) is 0 Å². The third kappa shape index (κ3) is 3.21. The van der Waals surface area contributed by atoms with Crippen molar-refractivity contribution in [2.45, 2.75) is 31.8 Å². The van der Waals surface area contributed by atoms with Gasteiger partial charge < -0.3 is 14.8 Å². The lowest BCUT2D eigenvalue weighted by molar-refractivity contribution is 0.176. The Labute approximate surface area is 153 Å². The number of thiocarbonyl (C=S) groups is 1. The monoisotopic (exact) mass is 353 g/mol. The molecule has 25 heavy (non-hydrogen) atoms. The summed E-state index contributed by atoms with van der Waals surface area (Å²) in [6, 6.07) is 16.2. The molecule has 2 aliphatic rings. The highest BCUT2D eigenvalue weighted by Gasteiger charge is 2.35. The van der Waals surface area contributed by atoms with Crippen molar-refractivity contribution in [3.63, 3.8) is 0 Å². The van der Waals surface area contributed by atoms with Crippen molar-refractivity contribution < 1.29 is 0 Å². The first kappa shape index (κ1) is 16.3. The van der Waals surface area contributed by atoms with Gasteiger partial charge in [0.2, 0.25) is 0 Å². The molecule has 2 unspecified atom stereocenters. The van der Waals surface area contributed by atoms with Crippen molar-refractivity contribution in [2.24, 2.45) is 5.92 Å². The van der Waals surface area contributed by atoms with Gasteiger partial charge in [-0.2, -0.15) is 0 Å². The van der Waals surface area contributed by atoms with E-state index in [-0.39, 0.29) is 11.6 Å². The molecule has 1 aromatic heterocycles. The molecular weight excluding hydrogens is 330 g/mol. The lowest BCUT2D eigenvalue weighted by atomic mass is 9.83. The van der Waals surface area contributed by atoms with E-state index >= 15 is 0 Å². The van der Waals surface area contributed by atoms with E-state index in [1.54, 1.807) is 6.07 Å². The number of hydrogen-bond acceptors (Lipinski definition) is 2.